The van der Waals surface area contributed by atoms with Crippen molar-refractivity contribution in [2.45, 2.75) is 70.2 Å². The van der Waals surface area contributed by atoms with E-state index >= 15 is 0 Å². The molecule has 3 fully saturated rings. The van der Waals surface area contributed by atoms with E-state index in [-0.39, 0.29) is 10.8 Å². The summed E-state index contributed by atoms with van der Waals surface area (Å²) in [5.74, 6) is 3.04. The number of hydrogen-bond acceptors (Lipinski definition) is 3. The van der Waals surface area contributed by atoms with Crippen LogP contribution in [0.4, 0.5) is 0 Å². The van der Waals surface area contributed by atoms with Crippen LogP contribution < -0.4 is 0 Å². The molecule has 0 aromatic heterocycles. The van der Waals surface area contributed by atoms with Crippen molar-refractivity contribution in [2.24, 2.45) is 34.5 Å². The predicted molar refractivity (Wildman–Crippen MR) is 92.6 cm³/mol. The van der Waals surface area contributed by atoms with Crippen LogP contribution in [0.1, 0.15) is 58.8 Å². The van der Waals surface area contributed by atoms with Gasteiger partial charge in [-0.2, -0.15) is 0 Å². The van der Waals surface area contributed by atoms with Gasteiger partial charge >= 0.3 is 0 Å². The third kappa shape index (κ3) is 1.97. The lowest BCUT2D eigenvalue weighted by atomic mass is 9.45. The third-order valence-electron chi connectivity index (χ3n) is 8.61. The van der Waals surface area contributed by atoms with Gasteiger partial charge in [0.1, 0.15) is 5.60 Å². The molecule has 4 rings (SSSR count). The minimum Gasteiger partial charge on any atom is -0.377 e. The zero-order chi connectivity index (χ0) is 17.4. The van der Waals surface area contributed by atoms with E-state index in [1.807, 2.05) is 0 Å². The van der Waals surface area contributed by atoms with Gasteiger partial charge in [0.25, 0.3) is 0 Å². The minimum absolute atomic E-state index is 0.0378. The summed E-state index contributed by atoms with van der Waals surface area (Å²) >= 11 is 0. The molecule has 0 radical (unpaired) electrons. The van der Waals surface area contributed by atoms with Crippen LogP contribution in [0.2, 0.25) is 0 Å². The van der Waals surface area contributed by atoms with E-state index in [1.165, 1.54) is 0 Å². The normalized spacial score (nSPS) is 55.2. The molecule has 3 saturated carbocycles. The summed E-state index contributed by atoms with van der Waals surface area (Å²) in [6.45, 7) is 4.52. The van der Waals surface area contributed by atoms with Crippen molar-refractivity contribution >= 4 is 0 Å². The van der Waals surface area contributed by atoms with E-state index in [0.29, 0.717) is 30.1 Å². The molecule has 0 amide bonds. The first-order valence-electron chi connectivity index (χ1n) is 9.50. The Morgan fingerprint density at radius 1 is 0.958 bits per heavy atom. The van der Waals surface area contributed by atoms with Crippen molar-refractivity contribution in [3.63, 3.8) is 0 Å². The minimum atomic E-state index is -1.64. The fraction of sp³-hybridized carbons (Fsp3) is 0.810. The van der Waals surface area contributed by atoms with Gasteiger partial charge in [-0.1, -0.05) is 25.8 Å². The Labute approximate surface area is 145 Å². The van der Waals surface area contributed by atoms with Crippen LogP contribution in [0.3, 0.4) is 0 Å². The Bertz CT molecular complexity index is 617. The van der Waals surface area contributed by atoms with Crippen molar-refractivity contribution in [2.75, 3.05) is 0 Å². The first kappa shape index (κ1) is 16.6. The molecule has 0 aromatic carbocycles. The fourth-order valence-corrected chi connectivity index (χ4v) is 7.05. The van der Waals surface area contributed by atoms with E-state index in [9.17, 15) is 15.3 Å². The van der Waals surface area contributed by atoms with Crippen LogP contribution >= 0.6 is 0 Å². The maximum atomic E-state index is 11.0. The Balaban J connectivity index is 1.68. The molecule has 0 bridgehead atoms. The highest BCUT2D eigenvalue weighted by Crippen LogP contribution is 2.67. The van der Waals surface area contributed by atoms with Gasteiger partial charge in [-0.05, 0) is 73.7 Å². The highest BCUT2D eigenvalue weighted by atomic mass is 16.5. The molecule has 0 saturated heterocycles. The summed E-state index contributed by atoms with van der Waals surface area (Å²) in [5.41, 5.74) is -1.08. The van der Waals surface area contributed by atoms with Crippen LogP contribution in [-0.4, -0.2) is 26.7 Å². The number of terminal acetylenes is 1. The summed E-state index contributed by atoms with van der Waals surface area (Å²) in [6.07, 6.45) is 15.8. The average molecular weight is 330 g/mol. The highest BCUT2D eigenvalue weighted by Gasteiger charge is 2.64. The molecule has 0 heterocycles. The molecule has 3 nitrogen and oxygen atoms in total. The number of aliphatic hydroxyl groups is 3. The Morgan fingerprint density at radius 2 is 1.67 bits per heavy atom. The monoisotopic (exact) mass is 330 g/mol. The van der Waals surface area contributed by atoms with Crippen molar-refractivity contribution in [3.8, 4) is 12.3 Å². The standard InChI is InChI=1S/C21H30O3/c1-4-20(22)10-8-17-15-6-5-14-13-21(23,24)12-11-18(14,2)16(15)7-9-19(17,20)3/h1,11-12,14-17,22-24H,5-10,13H2,2-3H3/t14?,15-,16+,17+,18+,19+,20-/m1/s1. The van der Waals surface area contributed by atoms with Crippen molar-refractivity contribution < 1.29 is 15.3 Å². The summed E-state index contributed by atoms with van der Waals surface area (Å²) in [7, 11) is 0. The van der Waals surface area contributed by atoms with Crippen molar-refractivity contribution in [1.29, 1.82) is 0 Å². The van der Waals surface area contributed by atoms with E-state index in [0.717, 1.165) is 38.5 Å². The van der Waals surface area contributed by atoms with E-state index < -0.39 is 11.4 Å². The van der Waals surface area contributed by atoms with E-state index in [2.05, 4.69) is 25.8 Å². The molecule has 0 spiro atoms. The maximum absolute atomic E-state index is 11.0. The molecular weight excluding hydrogens is 300 g/mol. The van der Waals surface area contributed by atoms with Gasteiger partial charge in [-0.15, -0.1) is 6.42 Å². The largest absolute Gasteiger partial charge is 0.377 e. The number of hydrogen-bond donors (Lipinski definition) is 3. The van der Waals surface area contributed by atoms with Gasteiger partial charge in [0.05, 0.1) is 0 Å². The zero-order valence-electron chi connectivity index (χ0n) is 14.8. The van der Waals surface area contributed by atoms with Crippen LogP contribution in [-0.2, 0) is 0 Å². The maximum Gasteiger partial charge on any atom is 0.182 e. The first-order valence-corrected chi connectivity index (χ1v) is 9.50. The molecule has 4 aliphatic carbocycles. The zero-order valence-corrected chi connectivity index (χ0v) is 14.8. The molecule has 0 aliphatic heterocycles. The Morgan fingerprint density at radius 3 is 2.38 bits per heavy atom. The summed E-state index contributed by atoms with van der Waals surface area (Å²) in [6, 6.07) is 0. The number of fused-ring (bicyclic) bond motifs is 5. The van der Waals surface area contributed by atoms with Gasteiger partial charge in [-0.25, -0.2) is 0 Å². The molecule has 1 unspecified atom stereocenters. The average Bonchev–Trinajstić information content (AvgIpc) is 2.80. The van der Waals surface area contributed by atoms with Crippen LogP contribution in [0, 0.1) is 46.8 Å². The van der Waals surface area contributed by atoms with E-state index in [4.69, 9.17) is 6.42 Å². The predicted octanol–water partition coefficient (Wildman–Crippen LogP) is 2.85. The molecule has 3 N–H and O–H groups in total. The fourth-order valence-electron chi connectivity index (χ4n) is 7.05. The number of allylic oxidation sites excluding steroid dienone is 1. The summed E-state index contributed by atoms with van der Waals surface area (Å²) < 4.78 is 0. The van der Waals surface area contributed by atoms with Crippen molar-refractivity contribution in [3.05, 3.63) is 12.2 Å². The third-order valence-corrected chi connectivity index (χ3v) is 8.61. The Kier molecular flexibility index (Phi) is 3.38. The summed E-state index contributed by atoms with van der Waals surface area (Å²) in [5, 5.41) is 31.1. The number of rotatable bonds is 0. The van der Waals surface area contributed by atoms with Gasteiger partial charge < -0.3 is 15.3 Å². The second-order valence-electron chi connectivity index (χ2n) is 9.43. The first-order chi connectivity index (χ1) is 11.2. The van der Waals surface area contributed by atoms with Gasteiger partial charge in [0.2, 0.25) is 0 Å². The molecule has 3 heteroatoms. The second-order valence-corrected chi connectivity index (χ2v) is 9.43. The topological polar surface area (TPSA) is 60.7 Å². The smallest absolute Gasteiger partial charge is 0.182 e. The lowest BCUT2D eigenvalue weighted by molar-refractivity contribution is -0.172. The lowest BCUT2D eigenvalue weighted by Crippen LogP contribution is -2.56. The van der Waals surface area contributed by atoms with Gasteiger partial charge in [-0.3, -0.25) is 0 Å². The van der Waals surface area contributed by atoms with Crippen LogP contribution in [0.25, 0.3) is 0 Å². The summed E-state index contributed by atoms with van der Waals surface area (Å²) in [4.78, 5) is 0. The van der Waals surface area contributed by atoms with Crippen molar-refractivity contribution in [1.82, 2.24) is 0 Å². The molecule has 24 heavy (non-hydrogen) atoms. The quantitative estimate of drug-likeness (QED) is 0.364. The molecule has 132 valence electrons. The highest BCUT2D eigenvalue weighted by molar-refractivity contribution is 5.25. The second kappa shape index (κ2) is 4.87. The van der Waals surface area contributed by atoms with Gasteiger partial charge in [0.15, 0.2) is 5.79 Å². The van der Waals surface area contributed by atoms with Crippen LogP contribution in [0.15, 0.2) is 12.2 Å². The molecule has 7 atom stereocenters. The van der Waals surface area contributed by atoms with Gasteiger partial charge in [0, 0.05) is 11.8 Å². The molecule has 4 aliphatic rings. The molecular formula is C21H30O3. The van der Waals surface area contributed by atoms with Crippen LogP contribution in [0.5, 0.6) is 0 Å². The Hall–Kier alpha value is -0.820. The molecule has 0 aromatic rings. The SMILES string of the molecule is C#C[C@@]1(O)CC[C@H]2[C@@H]3CCC4CC(O)(O)C=C[C@]4(C)[C@H]3CC[C@@]21C. The lowest BCUT2D eigenvalue weighted by Gasteiger charge is -2.60. The van der Waals surface area contributed by atoms with E-state index in [1.54, 1.807) is 6.08 Å².